The van der Waals surface area contributed by atoms with Gasteiger partial charge in [-0.15, -0.1) is 23.7 Å². The first-order valence-corrected chi connectivity index (χ1v) is 8.52. The summed E-state index contributed by atoms with van der Waals surface area (Å²) in [5, 5.41) is 7.81. The number of fused-ring (bicyclic) bond motifs is 1. The van der Waals surface area contributed by atoms with E-state index < -0.39 is 0 Å². The van der Waals surface area contributed by atoms with Crippen molar-refractivity contribution in [3.8, 4) is 11.3 Å². The molecule has 5 heteroatoms. The highest BCUT2D eigenvalue weighted by Crippen LogP contribution is 2.30. The number of hydrogen-bond donors (Lipinski definition) is 2. The molecule has 0 atom stereocenters. The smallest absolute Gasteiger partial charge is 0.183 e. The second-order valence-electron chi connectivity index (χ2n) is 5.27. The Labute approximate surface area is 141 Å². The number of H-pyrrole nitrogens is 1. The molecule has 1 aromatic carbocycles. The lowest BCUT2D eigenvalue weighted by molar-refractivity contribution is 0.685. The molecule has 118 valence electrons. The van der Waals surface area contributed by atoms with E-state index in [-0.39, 0.29) is 12.4 Å². The molecule has 0 unspecified atom stereocenters. The van der Waals surface area contributed by atoms with E-state index in [0.717, 1.165) is 22.9 Å². The standard InChI is InChI=1S/C17H21N3S.ClH/c1-2-3-4-7-10-18-17-20-16(12-21-17)14-11-19-15-9-6-5-8-13(14)15;/h5-6,8-9,11-12,19H,2-4,7,10H2,1H3,(H,18,20);1H. The third-order valence-electron chi connectivity index (χ3n) is 3.68. The summed E-state index contributed by atoms with van der Waals surface area (Å²) in [5.74, 6) is 0. The molecule has 0 radical (unpaired) electrons. The van der Waals surface area contributed by atoms with Gasteiger partial charge in [-0.05, 0) is 12.5 Å². The van der Waals surface area contributed by atoms with Gasteiger partial charge in [0.1, 0.15) is 0 Å². The number of hydrogen-bond acceptors (Lipinski definition) is 3. The predicted molar refractivity (Wildman–Crippen MR) is 99.3 cm³/mol. The number of anilines is 1. The van der Waals surface area contributed by atoms with E-state index in [1.54, 1.807) is 11.3 Å². The van der Waals surface area contributed by atoms with E-state index in [9.17, 15) is 0 Å². The van der Waals surface area contributed by atoms with Crippen molar-refractivity contribution >= 4 is 39.8 Å². The maximum Gasteiger partial charge on any atom is 0.183 e. The molecule has 3 rings (SSSR count). The van der Waals surface area contributed by atoms with E-state index in [2.05, 4.69) is 40.8 Å². The van der Waals surface area contributed by atoms with Crippen molar-refractivity contribution < 1.29 is 0 Å². The van der Waals surface area contributed by atoms with Gasteiger partial charge in [0.25, 0.3) is 0 Å². The lowest BCUT2D eigenvalue weighted by Crippen LogP contribution is -2.00. The van der Waals surface area contributed by atoms with Crippen molar-refractivity contribution in [2.75, 3.05) is 11.9 Å². The summed E-state index contributed by atoms with van der Waals surface area (Å²) in [6, 6.07) is 8.35. The fourth-order valence-corrected chi connectivity index (χ4v) is 3.25. The summed E-state index contributed by atoms with van der Waals surface area (Å²) in [6.07, 6.45) is 7.16. The second kappa shape index (κ2) is 8.20. The number of rotatable bonds is 7. The molecule has 0 bridgehead atoms. The molecule has 0 fully saturated rings. The molecular formula is C17H22ClN3S. The molecule has 0 aliphatic carbocycles. The highest BCUT2D eigenvalue weighted by atomic mass is 35.5. The minimum Gasteiger partial charge on any atom is -0.362 e. The number of unbranched alkanes of at least 4 members (excludes halogenated alkanes) is 3. The van der Waals surface area contributed by atoms with Crippen LogP contribution in [-0.2, 0) is 0 Å². The van der Waals surface area contributed by atoms with Gasteiger partial charge in [0.15, 0.2) is 5.13 Å². The Hall–Kier alpha value is -1.52. The molecule has 0 amide bonds. The van der Waals surface area contributed by atoms with Gasteiger partial charge >= 0.3 is 0 Å². The first-order chi connectivity index (χ1) is 10.4. The number of nitrogens with zero attached hydrogens (tertiary/aromatic N) is 1. The average Bonchev–Trinajstić information content (AvgIpc) is 3.13. The van der Waals surface area contributed by atoms with Crippen molar-refractivity contribution in [3.63, 3.8) is 0 Å². The van der Waals surface area contributed by atoms with Gasteiger partial charge in [-0.2, -0.15) is 0 Å². The largest absolute Gasteiger partial charge is 0.362 e. The van der Waals surface area contributed by atoms with Crippen LogP contribution in [0.3, 0.4) is 0 Å². The molecule has 3 aromatic rings. The number of halogens is 1. The lowest BCUT2D eigenvalue weighted by atomic mass is 10.1. The van der Waals surface area contributed by atoms with Gasteiger partial charge in [-0.25, -0.2) is 4.98 Å². The Morgan fingerprint density at radius 2 is 2.05 bits per heavy atom. The molecule has 2 heterocycles. The maximum absolute atomic E-state index is 4.71. The topological polar surface area (TPSA) is 40.7 Å². The average molecular weight is 336 g/mol. The first kappa shape index (κ1) is 16.8. The molecule has 0 spiro atoms. The van der Waals surface area contributed by atoms with Gasteiger partial charge in [0.2, 0.25) is 0 Å². The van der Waals surface area contributed by atoms with Crippen molar-refractivity contribution in [2.45, 2.75) is 32.6 Å². The fourth-order valence-electron chi connectivity index (χ4n) is 2.51. The number of benzene rings is 1. The molecular weight excluding hydrogens is 314 g/mol. The molecule has 3 nitrogen and oxygen atoms in total. The third-order valence-corrected chi connectivity index (χ3v) is 4.48. The molecule has 0 saturated carbocycles. The number of aromatic nitrogens is 2. The van der Waals surface area contributed by atoms with Crippen LogP contribution in [0.5, 0.6) is 0 Å². The Balaban J connectivity index is 0.00000176. The van der Waals surface area contributed by atoms with Gasteiger partial charge in [-0.1, -0.05) is 44.4 Å². The lowest BCUT2D eigenvalue weighted by Gasteiger charge is -2.01. The van der Waals surface area contributed by atoms with Gasteiger partial charge in [-0.3, -0.25) is 0 Å². The highest BCUT2D eigenvalue weighted by molar-refractivity contribution is 7.14. The summed E-state index contributed by atoms with van der Waals surface area (Å²) < 4.78 is 0. The molecule has 22 heavy (non-hydrogen) atoms. The minimum atomic E-state index is 0. The van der Waals surface area contributed by atoms with Crippen LogP contribution in [0, 0.1) is 0 Å². The number of nitrogens with one attached hydrogen (secondary N) is 2. The van der Waals surface area contributed by atoms with Crippen LogP contribution in [0.4, 0.5) is 5.13 Å². The van der Waals surface area contributed by atoms with Crippen molar-refractivity contribution in [2.24, 2.45) is 0 Å². The molecule has 0 saturated heterocycles. The van der Waals surface area contributed by atoms with E-state index in [4.69, 9.17) is 4.98 Å². The summed E-state index contributed by atoms with van der Waals surface area (Å²) in [6.45, 7) is 3.25. The zero-order chi connectivity index (χ0) is 14.5. The van der Waals surface area contributed by atoms with E-state index in [1.807, 2.05) is 12.3 Å². The number of aromatic amines is 1. The van der Waals surface area contributed by atoms with Gasteiger partial charge < -0.3 is 10.3 Å². The molecule has 2 N–H and O–H groups in total. The van der Waals surface area contributed by atoms with Gasteiger partial charge in [0.05, 0.1) is 5.69 Å². The van der Waals surface area contributed by atoms with Crippen LogP contribution in [0.2, 0.25) is 0 Å². The first-order valence-electron chi connectivity index (χ1n) is 7.64. The van der Waals surface area contributed by atoms with Gasteiger partial charge in [0, 0.05) is 34.6 Å². The zero-order valence-electron chi connectivity index (χ0n) is 12.8. The van der Waals surface area contributed by atoms with Crippen LogP contribution in [0.1, 0.15) is 32.6 Å². The van der Waals surface area contributed by atoms with Crippen LogP contribution in [0.15, 0.2) is 35.8 Å². The van der Waals surface area contributed by atoms with Crippen LogP contribution in [-0.4, -0.2) is 16.5 Å². The monoisotopic (exact) mass is 335 g/mol. The highest BCUT2D eigenvalue weighted by Gasteiger charge is 2.09. The van der Waals surface area contributed by atoms with Crippen molar-refractivity contribution in [1.82, 2.24) is 9.97 Å². The number of para-hydroxylation sites is 1. The number of thiazole rings is 1. The quantitative estimate of drug-likeness (QED) is 0.543. The fraction of sp³-hybridized carbons (Fsp3) is 0.353. The van der Waals surface area contributed by atoms with E-state index >= 15 is 0 Å². The summed E-state index contributed by atoms with van der Waals surface area (Å²) in [5.41, 5.74) is 3.39. The predicted octanol–water partition coefficient (Wildman–Crippen LogP) is 5.71. The van der Waals surface area contributed by atoms with Crippen LogP contribution < -0.4 is 5.32 Å². The molecule has 0 aliphatic heterocycles. The minimum absolute atomic E-state index is 0. The summed E-state index contributed by atoms with van der Waals surface area (Å²) in [7, 11) is 0. The SMILES string of the molecule is CCCCCCNc1nc(-c2c[nH]c3ccccc23)cs1.Cl. The second-order valence-corrected chi connectivity index (χ2v) is 6.13. The summed E-state index contributed by atoms with van der Waals surface area (Å²) >= 11 is 1.68. The van der Waals surface area contributed by atoms with E-state index in [0.29, 0.717) is 0 Å². The molecule has 0 aliphatic rings. The Morgan fingerprint density at radius 3 is 2.91 bits per heavy atom. The normalized spacial score (nSPS) is 10.6. The Bertz CT molecular complexity index is 705. The Kier molecular flexibility index (Phi) is 6.28. The Morgan fingerprint density at radius 1 is 1.18 bits per heavy atom. The van der Waals surface area contributed by atoms with E-state index in [1.165, 1.54) is 36.6 Å². The zero-order valence-corrected chi connectivity index (χ0v) is 14.4. The maximum atomic E-state index is 4.71. The van der Waals surface area contributed by atoms with Crippen molar-refractivity contribution in [3.05, 3.63) is 35.8 Å². The van der Waals surface area contributed by atoms with Crippen LogP contribution in [0.25, 0.3) is 22.2 Å². The van der Waals surface area contributed by atoms with Crippen LogP contribution >= 0.6 is 23.7 Å². The summed E-state index contributed by atoms with van der Waals surface area (Å²) in [4.78, 5) is 8.01. The third kappa shape index (κ3) is 3.81. The molecule has 2 aromatic heterocycles. The van der Waals surface area contributed by atoms with Crippen molar-refractivity contribution in [1.29, 1.82) is 0 Å².